The average molecular weight is 844 g/mol. The van der Waals surface area contributed by atoms with Gasteiger partial charge in [-0.2, -0.15) is 0 Å². The van der Waals surface area contributed by atoms with Crippen molar-refractivity contribution in [3.8, 4) is 33.0 Å². The molecule has 6 heteroatoms. The van der Waals surface area contributed by atoms with Crippen molar-refractivity contribution in [3.63, 3.8) is 0 Å². The van der Waals surface area contributed by atoms with Crippen LogP contribution in [0, 0.1) is 17.9 Å². The van der Waals surface area contributed by atoms with Crippen LogP contribution in [0.25, 0.3) is 53.8 Å². The standard InChI is InChI=1S/C30H19N2S.C13H24O2.Ir/c1-2-7-19(8-3-1)26-18-22(17-21-9-4-5-11-23(21)26)28-30-25(14-16-32-28)24-13-12-20-10-6-15-31-27(20)29(24)33-30;1-5-10(6-2)12(14)9-13(15)11(7-3)8-4;/h1-11,14-16,18H,12-13H2;9-11,14H,5-8H2,1-4H3;/q-1;;/b;12-9-;. The van der Waals surface area contributed by atoms with E-state index in [1.54, 1.807) is 0 Å². The first-order valence-corrected chi connectivity index (χ1v) is 18.1. The molecular weight excluding hydrogens is 801 g/mol. The number of carbonyl (C=O) groups is 1. The van der Waals surface area contributed by atoms with E-state index in [2.05, 4.69) is 78.9 Å². The largest absolute Gasteiger partial charge is 0.512 e. The predicted molar refractivity (Wildman–Crippen MR) is 201 cm³/mol. The second-order valence-corrected chi connectivity index (χ2v) is 13.5. The summed E-state index contributed by atoms with van der Waals surface area (Å²) >= 11 is 1.83. The minimum Gasteiger partial charge on any atom is -0.512 e. The van der Waals surface area contributed by atoms with Crippen molar-refractivity contribution >= 4 is 38.0 Å². The van der Waals surface area contributed by atoms with Gasteiger partial charge in [-0.25, -0.2) is 0 Å². The van der Waals surface area contributed by atoms with Gasteiger partial charge in [0.1, 0.15) is 0 Å². The predicted octanol–water partition coefficient (Wildman–Crippen LogP) is 11.6. The molecule has 0 fully saturated rings. The van der Waals surface area contributed by atoms with E-state index in [1.807, 2.05) is 57.5 Å². The number of thiophene rings is 1. The number of fused-ring (bicyclic) bond motifs is 6. The number of hydrogen-bond acceptors (Lipinski definition) is 5. The fourth-order valence-electron chi connectivity index (χ4n) is 6.80. The van der Waals surface area contributed by atoms with Crippen LogP contribution in [0.5, 0.6) is 0 Å². The summed E-state index contributed by atoms with van der Waals surface area (Å²) < 4.78 is 1.23. The maximum absolute atomic E-state index is 11.7. The first-order valence-electron chi connectivity index (χ1n) is 17.3. The maximum Gasteiger partial charge on any atom is 0.162 e. The van der Waals surface area contributed by atoms with Crippen molar-refractivity contribution < 1.29 is 30.0 Å². The Kier molecular flexibility index (Phi) is 12.3. The van der Waals surface area contributed by atoms with Crippen molar-refractivity contribution in [3.05, 3.63) is 120 Å². The first kappa shape index (κ1) is 36.3. The van der Waals surface area contributed by atoms with Crippen LogP contribution in [0.1, 0.15) is 64.5 Å². The van der Waals surface area contributed by atoms with E-state index >= 15 is 0 Å². The Morgan fingerprint density at radius 3 is 2.24 bits per heavy atom. The number of carbonyl (C=O) groups excluding carboxylic acids is 1. The minimum atomic E-state index is 0. The van der Waals surface area contributed by atoms with E-state index in [9.17, 15) is 9.90 Å². The van der Waals surface area contributed by atoms with Crippen LogP contribution in [0.15, 0.2) is 103 Å². The van der Waals surface area contributed by atoms with Crippen LogP contribution < -0.4 is 0 Å². The van der Waals surface area contributed by atoms with E-state index in [0.717, 1.165) is 60.9 Å². The van der Waals surface area contributed by atoms with E-state index < -0.39 is 0 Å². The SMILES string of the molecule is CCC(CC)C(=O)/C=C(\O)C(CC)CC.[Ir].[c-]1c(-c2nccc3c4c(sc23)-c2ncccc2CC4)cc(-c2ccccc2)c2ccccc12. The third kappa shape index (κ3) is 7.62. The molecule has 1 N–H and O–H groups in total. The zero-order valence-electron chi connectivity index (χ0n) is 28.6. The van der Waals surface area contributed by atoms with Gasteiger partial charge in [0.05, 0.1) is 16.3 Å². The number of aliphatic hydroxyl groups excluding tert-OH is 1. The van der Waals surface area contributed by atoms with Crippen LogP contribution >= 0.6 is 11.3 Å². The quantitative estimate of drug-likeness (QED) is 0.0895. The van der Waals surface area contributed by atoms with Gasteiger partial charge in [0.2, 0.25) is 0 Å². The van der Waals surface area contributed by atoms with Crippen molar-refractivity contribution in [1.29, 1.82) is 0 Å². The number of ketones is 1. The van der Waals surface area contributed by atoms with Crippen LogP contribution in [0.2, 0.25) is 0 Å². The van der Waals surface area contributed by atoms with E-state index in [0.29, 0.717) is 0 Å². The zero-order valence-corrected chi connectivity index (χ0v) is 31.8. The number of hydrogen-bond donors (Lipinski definition) is 1. The molecule has 0 saturated carbocycles. The Labute approximate surface area is 307 Å². The molecule has 1 aliphatic rings. The van der Waals surface area contributed by atoms with Crippen molar-refractivity contribution in [2.75, 3.05) is 0 Å². The molecule has 0 amide bonds. The summed E-state index contributed by atoms with van der Waals surface area (Å²) in [5.41, 5.74) is 8.36. The Morgan fingerprint density at radius 1 is 0.816 bits per heavy atom. The van der Waals surface area contributed by atoms with Crippen LogP contribution in [0.4, 0.5) is 0 Å². The number of nitrogens with zero attached hydrogens (tertiary/aromatic N) is 2. The van der Waals surface area contributed by atoms with Crippen LogP contribution in [-0.2, 0) is 37.7 Å². The van der Waals surface area contributed by atoms with Gasteiger partial charge in [0.15, 0.2) is 5.78 Å². The topological polar surface area (TPSA) is 63.1 Å². The van der Waals surface area contributed by atoms with Gasteiger partial charge in [-0.3, -0.25) is 14.8 Å². The van der Waals surface area contributed by atoms with E-state index in [-0.39, 0.29) is 43.5 Å². The fourth-order valence-corrected chi connectivity index (χ4v) is 8.19. The van der Waals surface area contributed by atoms with Gasteiger partial charge < -0.3 is 5.11 Å². The first-order chi connectivity index (χ1) is 23.5. The molecule has 6 aromatic rings. The second kappa shape index (κ2) is 16.6. The number of pyridine rings is 2. The van der Waals surface area contributed by atoms with Gasteiger partial charge >= 0.3 is 0 Å². The molecule has 7 rings (SSSR count). The summed E-state index contributed by atoms with van der Waals surface area (Å²) in [5, 5.41) is 13.4. The van der Waals surface area contributed by atoms with Crippen molar-refractivity contribution in [2.24, 2.45) is 11.8 Å². The molecule has 49 heavy (non-hydrogen) atoms. The summed E-state index contributed by atoms with van der Waals surface area (Å²) in [6.07, 6.45) is 10.8. The Balaban J connectivity index is 0.000000252. The summed E-state index contributed by atoms with van der Waals surface area (Å²) in [7, 11) is 0. The van der Waals surface area contributed by atoms with Gasteiger partial charge in [-0.1, -0.05) is 98.8 Å². The van der Waals surface area contributed by atoms with Gasteiger partial charge in [-0.05, 0) is 72.7 Å². The average Bonchev–Trinajstić information content (AvgIpc) is 3.52. The number of benzene rings is 3. The van der Waals surface area contributed by atoms with Crippen molar-refractivity contribution in [2.45, 2.75) is 66.2 Å². The molecule has 0 bridgehead atoms. The molecule has 253 valence electrons. The Morgan fingerprint density at radius 2 is 1.51 bits per heavy atom. The molecule has 0 unspecified atom stereocenters. The molecule has 3 aromatic heterocycles. The summed E-state index contributed by atoms with van der Waals surface area (Å²) in [6.45, 7) is 8.07. The number of aromatic nitrogens is 2. The molecule has 1 radical (unpaired) electrons. The summed E-state index contributed by atoms with van der Waals surface area (Å²) in [6, 6.07) is 31.4. The molecule has 4 nitrogen and oxygen atoms in total. The van der Waals surface area contributed by atoms with E-state index in [4.69, 9.17) is 9.97 Å². The molecule has 0 aliphatic heterocycles. The third-order valence-corrected chi connectivity index (χ3v) is 10.9. The summed E-state index contributed by atoms with van der Waals surface area (Å²) in [5.74, 6) is 0.547. The number of rotatable bonds is 9. The van der Waals surface area contributed by atoms with Crippen LogP contribution in [-0.4, -0.2) is 20.9 Å². The third-order valence-electron chi connectivity index (χ3n) is 9.66. The maximum atomic E-state index is 11.7. The number of allylic oxidation sites excluding steroid dienone is 2. The van der Waals surface area contributed by atoms with Gasteiger partial charge in [0, 0.05) is 60.8 Å². The Hall–Kier alpha value is -3.96. The van der Waals surface area contributed by atoms with Crippen LogP contribution in [0.3, 0.4) is 0 Å². The fraction of sp³-hybridized carbons (Fsp3) is 0.279. The smallest absolute Gasteiger partial charge is 0.162 e. The zero-order chi connectivity index (χ0) is 33.6. The number of aryl methyl sites for hydroxylation is 2. The molecule has 3 aromatic carbocycles. The summed E-state index contributed by atoms with van der Waals surface area (Å²) in [4.78, 5) is 22.6. The molecule has 3 heterocycles. The van der Waals surface area contributed by atoms with Gasteiger partial charge in [-0.15, -0.1) is 34.9 Å². The number of aliphatic hydroxyl groups is 1. The minimum absolute atomic E-state index is 0. The monoisotopic (exact) mass is 844 g/mol. The molecule has 0 atom stereocenters. The van der Waals surface area contributed by atoms with Crippen molar-refractivity contribution in [1.82, 2.24) is 9.97 Å². The van der Waals surface area contributed by atoms with Gasteiger partial charge in [0.25, 0.3) is 0 Å². The van der Waals surface area contributed by atoms with E-state index in [1.165, 1.54) is 48.7 Å². The normalized spacial score (nSPS) is 12.3. The second-order valence-electron chi connectivity index (χ2n) is 12.5. The Bertz CT molecular complexity index is 2080. The molecule has 1 aliphatic carbocycles. The molecule has 0 spiro atoms. The molecule has 0 saturated heterocycles. The molecular formula is C43H43IrN2O2S-.